The van der Waals surface area contributed by atoms with Gasteiger partial charge in [-0.25, -0.2) is 17.7 Å². The lowest BCUT2D eigenvalue weighted by Gasteiger charge is -2.17. The van der Waals surface area contributed by atoms with Gasteiger partial charge in [0.15, 0.2) is 5.96 Å². The van der Waals surface area contributed by atoms with E-state index in [1.165, 1.54) is 10.4 Å². The van der Waals surface area contributed by atoms with Gasteiger partial charge in [-0.05, 0) is 33.3 Å². The molecule has 0 atom stereocenters. The van der Waals surface area contributed by atoms with Crippen molar-refractivity contribution in [2.24, 2.45) is 4.99 Å². The summed E-state index contributed by atoms with van der Waals surface area (Å²) in [6.45, 7) is 4.20. The third kappa shape index (κ3) is 10.4. The van der Waals surface area contributed by atoms with Crippen LogP contribution in [0.4, 0.5) is 8.78 Å². The number of ether oxygens (including phenoxy) is 1. The summed E-state index contributed by atoms with van der Waals surface area (Å²) in [5, 5.41) is 6.19. The number of sulfonamides is 1. The lowest BCUT2D eigenvalue weighted by Crippen LogP contribution is -2.39. The van der Waals surface area contributed by atoms with E-state index in [9.17, 15) is 17.2 Å². The molecule has 0 saturated heterocycles. The first-order valence-corrected chi connectivity index (χ1v) is 10.8. The third-order valence-electron chi connectivity index (χ3n) is 3.97. The Morgan fingerprint density at radius 2 is 1.97 bits per heavy atom. The normalized spacial score (nSPS) is 12.1. The molecule has 0 aliphatic rings. The zero-order chi connectivity index (χ0) is 21.2. The molecule has 0 saturated carbocycles. The van der Waals surface area contributed by atoms with Crippen LogP contribution >= 0.6 is 24.0 Å². The molecule has 0 aliphatic carbocycles. The highest BCUT2D eigenvalue weighted by molar-refractivity contribution is 14.0. The van der Waals surface area contributed by atoms with E-state index in [0.717, 1.165) is 5.56 Å². The largest absolute Gasteiger partial charge is 0.434 e. The molecule has 11 heteroatoms. The van der Waals surface area contributed by atoms with Gasteiger partial charge in [0.1, 0.15) is 5.75 Å². The van der Waals surface area contributed by atoms with Gasteiger partial charge in [-0.1, -0.05) is 17.7 Å². The van der Waals surface area contributed by atoms with Crippen molar-refractivity contribution in [3.8, 4) is 5.75 Å². The number of guanidine groups is 1. The quantitative estimate of drug-likeness (QED) is 0.192. The average molecular weight is 548 g/mol. The lowest BCUT2D eigenvalue weighted by atomic mass is 10.1. The average Bonchev–Trinajstić information content (AvgIpc) is 2.64. The molecule has 0 bridgehead atoms. The van der Waals surface area contributed by atoms with Crippen LogP contribution in [-0.2, 0) is 16.6 Å². The monoisotopic (exact) mass is 548 g/mol. The number of alkyl halides is 2. The summed E-state index contributed by atoms with van der Waals surface area (Å²) < 4.78 is 54.5. The van der Waals surface area contributed by atoms with Crippen LogP contribution in [0.5, 0.6) is 5.75 Å². The Bertz CT molecular complexity index is 749. The van der Waals surface area contributed by atoms with Crippen molar-refractivity contribution < 1.29 is 21.9 Å². The lowest BCUT2D eigenvalue weighted by molar-refractivity contribution is -0.0504. The summed E-state index contributed by atoms with van der Waals surface area (Å²) in [6.07, 6.45) is 0.602. The molecule has 1 aromatic carbocycles. The van der Waals surface area contributed by atoms with E-state index in [2.05, 4.69) is 20.4 Å². The molecule has 29 heavy (non-hydrogen) atoms. The summed E-state index contributed by atoms with van der Waals surface area (Å²) in [7, 11) is -1.63. The fraction of sp³-hybridized carbons (Fsp3) is 0.611. The maximum Gasteiger partial charge on any atom is 0.387 e. The second kappa shape index (κ2) is 13.9. The van der Waals surface area contributed by atoms with E-state index in [4.69, 9.17) is 0 Å². The number of nitrogens with one attached hydrogen (secondary N) is 2. The van der Waals surface area contributed by atoms with E-state index in [-0.39, 0.29) is 42.0 Å². The molecular formula is C18H31F2IN4O3S. The van der Waals surface area contributed by atoms with Gasteiger partial charge in [-0.15, -0.1) is 24.0 Å². The summed E-state index contributed by atoms with van der Waals surface area (Å²) >= 11 is 0. The number of hydrogen-bond donors (Lipinski definition) is 2. The smallest absolute Gasteiger partial charge is 0.387 e. The minimum Gasteiger partial charge on any atom is -0.434 e. The van der Waals surface area contributed by atoms with Crippen LogP contribution in [0.3, 0.4) is 0 Å². The van der Waals surface area contributed by atoms with Gasteiger partial charge in [0, 0.05) is 32.2 Å². The first-order chi connectivity index (χ1) is 13.2. The van der Waals surface area contributed by atoms with Crippen molar-refractivity contribution in [2.45, 2.75) is 40.3 Å². The second-order valence-electron chi connectivity index (χ2n) is 6.19. The molecule has 2 N–H and O–H groups in total. The molecule has 168 valence electrons. The number of halogens is 3. The van der Waals surface area contributed by atoms with Crippen molar-refractivity contribution in [2.75, 3.05) is 32.4 Å². The predicted molar refractivity (Wildman–Crippen MR) is 123 cm³/mol. The Morgan fingerprint density at radius 3 is 2.55 bits per heavy atom. The fourth-order valence-electron chi connectivity index (χ4n) is 2.42. The van der Waals surface area contributed by atoms with Crippen LogP contribution in [0, 0.1) is 6.92 Å². The van der Waals surface area contributed by atoms with Gasteiger partial charge in [-0.3, -0.25) is 0 Å². The Balaban J connectivity index is 0.00000784. The third-order valence-corrected chi connectivity index (χ3v) is 5.83. The second-order valence-corrected chi connectivity index (χ2v) is 8.55. The van der Waals surface area contributed by atoms with E-state index >= 15 is 0 Å². The Hall–Kier alpha value is -1.21. The number of aliphatic imine (C=N–C) groups is 1. The molecule has 0 unspecified atom stereocenters. The summed E-state index contributed by atoms with van der Waals surface area (Å²) in [6, 6.07) is 4.97. The van der Waals surface area contributed by atoms with Crippen LogP contribution in [-0.4, -0.2) is 57.7 Å². The molecule has 1 aromatic rings. The predicted octanol–water partition coefficient (Wildman–Crippen LogP) is 2.94. The molecule has 0 amide bonds. The van der Waals surface area contributed by atoms with Gasteiger partial charge in [0.2, 0.25) is 10.0 Å². The highest BCUT2D eigenvalue weighted by Gasteiger charge is 2.14. The number of aryl methyl sites for hydroxylation is 1. The van der Waals surface area contributed by atoms with Crippen molar-refractivity contribution >= 4 is 40.0 Å². The first-order valence-electron chi connectivity index (χ1n) is 9.20. The Kier molecular flexibility index (Phi) is 13.3. The Labute approximate surface area is 189 Å². The van der Waals surface area contributed by atoms with Crippen LogP contribution in [0.15, 0.2) is 23.2 Å². The number of rotatable bonds is 11. The molecule has 0 aromatic heterocycles. The summed E-state index contributed by atoms with van der Waals surface area (Å²) in [5.41, 5.74) is 1.48. The van der Waals surface area contributed by atoms with Gasteiger partial charge >= 0.3 is 6.61 Å². The van der Waals surface area contributed by atoms with E-state index in [1.54, 1.807) is 26.1 Å². The van der Waals surface area contributed by atoms with Gasteiger partial charge in [0.25, 0.3) is 0 Å². The number of nitrogens with zero attached hydrogens (tertiary/aromatic N) is 2. The Morgan fingerprint density at radius 1 is 1.28 bits per heavy atom. The van der Waals surface area contributed by atoms with E-state index in [0.29, 0.717) is 37.6 Å². The van der Waals surface area contributed by atoms with E-state index in [1.807, 2.05) is 13.8 Å². The van der Waals surface area contributed by atoms with Crippen LogP contribution in [0.2, 0.25) is 0 Å². The van der Waals surface area contributed by atoms with Crippen LogP contribution < -0.4 is 15.4 Å². The van der Waals surface area contributed by atoms with Crippen molar-refractivity contribution in [3.05, 3.63) is 29.3 Å². The highest BCUT2D eigenvalue weighted by Crippen LogP contribution is 2.22. The van der Waals surface area contributed by atoms with Crippen molar-refractivity contribution in [1.29, 1.82) is 0 Å². The van der Waals surface area contributed by atoms with Gasteiger partial charge in [0.05, 0.1) is 12.3 Å². The van der Waals surface area contributed by atoms with Crippen LogP contribution in [0.25, 0.3) is 0 Å². The maximum atomic E-state index is 12.6. The van der Waals surface area contributed by atoms with Gasteiger partial charge < -0.3 is 15.4 Å². The topological polar surface area (TPSA) is 83.0 Å². The zero-order valence-electron chi connectivity index (χ0n) is 17.2. The minimum atomic E-state index is -3.19. The highest BCUT2D eigenvalue weighted by atomic mass is 127. The first kappa shape index (κ1) is 27.8. The van der Waals surface area contributed by atoms with Crippen molar-refractivity contribution in [1.82, 2.24) is 14.9 Å². The molecule has 1 rings (SSSR count). The zero-order valence-corrected chi connectivity index (χ0v) is 20.4. The number of benzene rings is 1. The molecule has 0 heterocycles. The van der Waals surface area contributed by atoms with Crippen LogP contribution in [0.1, 0.15) is 31.4 Å². The summed E-state index contributed by atoms with van der Waals surface area (Å²) in [4.78, 5) is 4.41. The van der Waals surface area contributed by atoms with Gasteiger partial charge in [-0.2, -0.15) is 8.78 Å². The fourth-order valence-corrected chi connectivity index (χ4v) is 3.26. The molecule has 0 fully saturated rings. The molecular weight excluding hydrogens is 517 g/mol. The SMILES string of the molecule is CCNC(=NCc1cc(C)ccc1OC(F)F)NCCCN(C)S(=O)(=O)CC.I. The maximum absolute atomic E-state index is 12.6. The van der Waals surface area contributed by atoms with E-state index < -0.39 is 16.6 Å². The number of hydrogen-bond acceptors (Lipinski definition) is 4. The minimum absolute atomic E-state index is 0. The molecule has 0 radical (unpaired) electrons. The standard InChI is InChI=1S/C18H30F2N4O3S.HI/c1-5-21-18(22-10-7-11-24(4)28(25,26)6-2)23-13-15-12-14(3)8-9-16(15)27-17(19)20;/h8-9,12,17H,5-7,10-11,13H2,1-4H3,(H2,21,22,23);1H. The molecule has 0 aliphatic heterocycles. The molecule has 0 spiro atoms. The summed E-state index contributed by atoms with van der Waals surface area (Å²) in [5.74, 6) is 0.695. The molecule has 7 nitrogen and oxygen atoms in total. The van der Waals surface area contributed by atoms with Crippen molar-refractivity contribution in [3.63, 3.8) is 0 Å².